The van der Waals surface area contributed by atoms with Gasteiger partial charge in [0.25, 0.3) is 11.7 Å². The molecule has 3 aromatic carbocycles. The molecule has 0 bridgehead atoms. The maximum Gasteiger partial charge on any atom is 0.295 e. The highest BCUT2D eigenvalue weighted by Gasteiger charge is 2.46. The van der Waals surface area contributed by atoms with Gasteiger partial charge < -0.3 is 24.4 Å². The van der Waals surface area contributed by atoms with Crippen LogP contribution >= 0.6 is 11.6 Å². The second-order valence-electron chi connectivity index (χ2n) is 9.15. The van der Waals surface area contributed by atoms with Crippen LogP contribution in [0.3, 0.4) is 0 Å². The van der Waals surface area contributed by atoms with E-state index in [4.69, 9.17) is 21.1 Å². The number of aliphatic hydroxyl groups is 1. The molecule has 4 rings (SSSR count). The summed E-state index contributed by atoms with van der Waals surface area (Å²) in [6, 6.07) is 19.2. The number of hydrogen-bond acceptors (Lipinski definition) is 6. The summed E-state index contributed by atoms with van der Waals surface area (Å²) in [6.45, 7) is 2.55. The van der Waals surface area contributed by atoms with Crippen LogP contribution in [0.1, 0.15) is 29.7 Å². The first-order valence-electron chi connectivity index (χ1n) is 12.4. The average molecular weight is 535 g/mol. The van der Waals surface area contributed by atoms with Crippen molar-refractivity contribution in [3.63, 3.8) is 0 Å². The van der Waals surface area contributed by atoms with Crippen molar-refractivity contribution in [3.8, 4) is 11.5 Å². The Labute approximate surface area is 227 Å². The molecule has 1 heterocycles. The molecule has 1 aliphatic heterocycles. The van der Waals surface area contributed by atoms with E-state index in [-0.39, 0.29) is 28.5 Å². The van der Waals surface area contributed by atoms with Crippen molar-refractivity contribution in [3.05, 3.63) is 94.0 Å². The van der Waals surface area contributed by atoms with Crippen molar-refractivity contribution < 1.29 is 24.2 Å². The summed E-state index contributed by atoms with van der Waals surface area (Å²) < 4.78 is 10.8. The molecule has 38 heavy (non-hydrogen) atoms. The molecule has 0 saturated carbocycles. The number of likely N-dealkylation sites (tertiary alicyclic amines) is 1. The molecule has 8 heteroatoms. The fourth-order valence-electron chi connectivity index (χ4n) is 4.54. The molecule has 3 aromatic rings. The summed E-state index contributed by atoms with van der Waals surface area (Å²) in [6.07, 6.45) is 0.518. The number of benzene rings is 3. The van der Waals surface area contributed by atoms with Crippen molar-refractivity contribution >= 4 is 34.7 Å². The van der Waals surface area contributed by atoms with E-state index in [1.807, 2.05) is 74.4 Å². The monoisotopic (exact) mass is 534 g/mol. The molecule has 0 spiro atoms. The largest absolute Gasteiger partial charge is 0.507 e. The molecule has 1 saturated heterocycles. The van der Waals surface area contributed by atoms with E-state index >= 15 is 0 Å². The number of methoxy groups -OCH3 is 1. The van der Waals surface area contributed by atoms with E-state index < -0.39 is 17.7 Å². The molecule has 1 amide bonds. The molecule has 1 aliphatic rings. The minimum Gasteiger partial charge on any atom is -0.507 e. The summed E-state index contributed by atoms with van der Waals surface area (Å²) in [7, 11) is 5.47. The second kappa shape index (κ2) is 11.6. The van der Waals surface area contributed by atoms with E-state index in [1.165, 1.54) is 4.90 Å². The first-order valence-corrected chi connectivity index (χ1v) is 12.7. The molecule has 1 atom stereocenters. The van der Waals surface area contributed by atoms with E-state index in [1.54, 1.807) is 25.3 Å². The van der Waals surface area contributed by atoms with Crippen LogP contribution in [0, 0.1) is 0 Å². The third-order valence-electron chi connectivity index (χ3n) is 6.57. The van der Waals surface area contributed by atoms with Crippen LogP contribution in [-0.2, 0) is 16.0 Å². The van der Waals surface area contributed by atoms with Gasteiger partial charge in [0.15, 0.2) is 0 Å². The van der Waals surface area contributed by atoms with Gasteiger partial charge in [0.05, 0.1) is 30.4 Å². The van der Waals surface area contributed by atoms with Crippen LogP contribution < -0.4 is 14.4 Å². The van der Waals surface area contributed by atoms with Gasteiger partial charge in [-0.15, -0.1) is 0 Å². The van der Waals surface area contributed by atoms with Crippen molar-refractivity contribution in [2.24, 2.45) is 0 Å². The van der Waals surface area contributed by atoms with E-state index in [2.05, 4.69) is 0 Å². The average Bonchev–Trinajstić information content (AvgIpc) is 3.18. The highest BCUT2D eigenvalue weighted by Crippen LogP contribution is 2.41. The van der Waals surface area contributed by atoms with Crippen LogP contribution in [0.15, 0.2) is 72.3 Å². The first kappa shape index (κ1) is 27.1. The van der Waals surface area contributed by atoms with Crippen LogP contribution in [-0.4, -0.2) is 56.1 Å². The van der Waals surface area contributed by atoms with Gasteiger partial charge in [0, 0.05) is 31.9 Å². The second-order valence-corrected chi connectivity index (χ2v) is 9.56. The number of aliphatic hydroxyl groups excluding tert-OH is 1. The number of ether oxygens (including phenoxy) is 2. The molecule has 0 aromatic heterocycles. The zero-order chi connectivity index (χ0) is 27.4. The Morgan fingerprint density at radius 1 is 1.00 bits per heavy atom. The summed E-state index contributed by atoms with van der Waals surface area (Å²) in [4.78, 5) is 30.2. The number of ketones is 1. The normalized spacial score (nSPS) is 16.6. The van der Waals surface area contributed by atoms with Crippen molar-refractivity contribution in [1.82, 2.24) is 4.90 Å². The SMILES string of the molecule is CCOc1ccc(Cl)c(/C(O)=C2\C(=O)C(=O)N(CCc3ccc(OC)cc3)C2c2ccc(N(C)C)cc2)c1. The number of halogens is 1. The number of hydrogen-bond donors (Lipinski definition) is 1. The highest BCUT2D eigenvalue weighted by molar-refractivity contribution is 6.47. The maximum atomic E-state index is 13.4. The minimum absolute atomic E-state index is 0.00196. The lowest BCUT2D eigenvalue weighted by Gasteiger charge is -2.26. The molecule has 1 N–H and O–H groups in total. The summed E-state index contributed by atoms with van der Waals surface area (Å²) in [5, 5.41) is 11.7. The number of anilines is 1. The zero-order valence-electron chi connectivity index (χ0n) is 21.9. The third kappa shape index (κ3) is 5.48. The minimum atomic E-state index is -0.781. The fraction of sp³-hybridized carbons (Fsp3) is 0.267. The number of carbonyl (C=O) groups is 2. The number of rotatable bonds is 9. The maximum absolute atomic E-state index is 13.4. The number of Topliss-reactive ketones (excluding diaryl/α,β-unsaturated/α-hetero) is 1. The van der Waals surface area contributed by atoms with Crippen molar-refractivity contribution in [2.75, 3.05) is 39.3 Å². The van der Waals surface area contributed by atoms with Gasteiger partial charge in [-0.2, -0.15) is 0 Å². The Morgan fingerprint density at radius 3 is 2.26 bits per heavy atom. The van der Waals surface area contributed by atoms with Gasteiger partial charge in [-0.05, 0) is 66.9 Å². The summed E-state index contributed by atoms with van der Waals surface area (Å²) in [5.41, 5.74) is 2.90. The Morgan fingerprint density at radius 2 is 1.66 bits per heavy atom. The van der Waals surface area contributed by atoms with Crippen LogP contribution in [0.4, 0.5) is 5.69 Å². The quantitative estimate of drug-likeness (QED) is 0.222. The lowest BCUT2D eigenvalue weighted by molar-refractivity contribution is -0.139. The predicted molar refractivity (Wildman–Crippen MR) is 149 cm³/mol. The van der Waals surface area contributed by atoms with Gasteiger partial charge in [0.2, 0.25) is 0 Å². The van der Waals surface area contributed by atoms with E-state index in [0.717, 1.165) is 17.0 Å². The first-order chi connectivity index (χ1) is 18.2. The molecule has 1 fully saturated rings. The number of amides is 1. The van der Waals surface area contributed by atoms with E-state index in [0.29, 0.717) is 24.3 Å². The van der Waals surface area contributed by atoms with Crippen LogP contribution in [0.2, 0.25) is 5.02 Å². The Balaban J connectivity index is 1.78. The molecule has 0 radical (unpaired) electrons. The number of nitrogens with zero attached hydrogens (tertiary/aromatic N) is 2. The molecule has 198 valence electrons. The van der Waals surface area contributed by atoms with Crippen molar-refractivity contribution in [1.29, 1.82) is 0 Å². The Hall–Kier alpha value is -3.97. The summed E-state index contributed by atoms with van der Waals surface area (Å²) in [5.74, 6) is -0.514. The summed E-state index contributed by atoms with van der Waals surface area (Å²) >= 11 is 6.43. The molecule has 1 unspecified atom stereocenters. The zero-order valence-corrected chi connectivity index (χ0v) is 22.7. The smallest absolute Gasteiger partial charge is 0.295 e. The highest BCUT2D eigenvalue weighted by atomic mass is 35.5. The van der Waals surface area contributed by atoms with E-state index in [9.17, 15) is 14.7 Å². The van der Waals surface area contributed by atoms with Crippen LogP contribution in [0.5, 0.6) is 11.5 Å². The third-order valence-corrected chi connectivity index (χ3v) is 6.90. The molecular formula is C30H31ClN2O5. The van der Waals surface area contributed by atoms with Gasteiger partial charge in [-0.1, -0.05) is 35.9 Å². The van der Waals surface area contributed by atoms with Gasteiger partial charge in [-0.25, -0.2) is 0 Å². The Kier molecular flexibility index (Phi) is 8.27. The number of carbonyl (C=O) groups excluding carboxylic acids is 2. The lowest BCUT2D eigenvalue weighted by atomic mass is 9.94. The molecular weight excluding hydrogens is 504 g/mol. The van der Waals surface area contributed by atoms with Crippen molar-refractivity contribution in [2.45, 2.75) is 19.4 Å². The molecule has 0 aliphatic carbocycles. The van der Waals surface area contributed by atoms with Gasteiger partial charge >= 0.3 is 0 Å². The van der Waals surface area contributed by atoms with Crippen LogP contribution in [0.25, 0.3) is 5.76 Å². The lowest BCUT2D eigenvalue weighted by Crippen LogP contribution is -2.31. The Bertz CT molecular complexity index is 1350. The molecule has 7 nitrogen and oxygen atoms in total. The van der Waals surface area contributed by atoms with Gasteiger partial charge in [-0.3, -0.25) is 9.59 Å². The predicted octanol–water partition coefficient (Wildman–Crippen LogP) is 5.48. The fourth-order valence-corrected chi connectivity index (χ4v) is 4.75. The standard InChI is InChI=1S/C30H31ClN2O5/c1-5-38-23-14-15-25(31)24(18-23)28(34)26-27(20-8-10-21(11-9-20)32(2)3)33(30(36)29(26)35)17-16-19-6-12-22(37-4)13-7-19/h6-15,18,27,34H,5,16-17H2,1-4H3/b28-26+. The topological polar surface area (TPSA) is 79.3 Å². The van der Waals surface area contributed by atoms with Gasteiger partial charge in [0.1, 0.15) is 17.3 Å².